The van der Waals surface area contributed by atoms with Crippen molar-refractivity contribution < 1.29 is 14.4 Å². The molecule has 0 saturated heterocycles. The molecule has 0 bridgehead atoms. The maximum atomic E-state index is 12.3. The van der Waals surface area contributed by atoms with Gasteiger partial charge in [0.15, 0.2) is 0 Å². The molecule has 0 atom stereocenters. The van der Waals surface area contributed by atoms with Gasteiger partial charge in [0.2, 0.25) is 17.7 Å². The van der Waals surface area contributed by atoms with Crippen molar-refractivity contribution in [1.82, 2.24) is 4.90 Å². The highest BCUT2D eigenvalue weighted by atomic mass is 16.2. The van der Waals surface area contributed by atoms with Crippen molar-refractivity contribution in [3.8, 4) is 0 Å². The fourth-order valence-electron chi connectivity index (χ4n) is 2.80. The Hall–Kier alpha value is -3.19. The third kappa shape index (κ3) is 7.75. The molecule has 3 N–H and O–H groups in total. The molecule has 154 valence electrons. The quantitative estimate of drug-likeness (QED) is 0.607. The Morgan fingerprint density at radius 2 is 1.34 bits per heavy atom. The molecule has 0 fully saturated rings. The molecule has 0 aliphatic carbocycles. The van der Waals surface area contributed by atoms with E-state index < -0.39 is 0 Å². The number of nitrogens with one attached hydrogen (secondary N) is 3. The number of carbonyl (C=O) groups is 3. The number of hydrogen-bond acceptors (Lipinski definition) is 4. The van der Waals surface area contributed by atoms with Crippen LogP contribution in [0.5, 0.6) is 0 Å². The SMILES string of the molecule is CCc1cccc(NC(=O)CN(CC)CC(=O)Nc2ccc(NC(C)=O)cc2)c1. The predicted octanol–water partition coefficient (Wildman–Crippen LogP) is 3.11. The average molecular weight is 396 g/mol. The van der Waals surface area contributed by atoms with Crippen molar-refractivity contribution in [2.24, 2.45) is 0 Å². The molecule has 29 heavy (non-hydrogen) atoms. The summed E-state index contributed by atoms with van der Waals surface area (Å²) < 4.78 is 0. The molecule has 0 spiro atoms. The highest BCUT2D eigenvalue weighted by Crippen LogP contribution is 2.14. The first-order valence-corrected chi connectivity index (χ1v) is 9.68. The van der Waals surface area contributed by atoms with Crippen molar-refractivity contribution in [3.63, 3.8) is 0 Å². The molecular weight excluding hydrogens is 368 g/mol. The molecular formula is C22H28N4O3. The van der Waals surface area contributed by atoms with Crippen LogP contribution in [0.25, 0.3) is 0 Å². The molecule has 3 amide bonds. The van der Waals surface area contributed by atoms with Gasteiger partial charge in [-0.25, -0.2) is 0 Å². The Morgan fingerprint density at radius 1 is 0.793 bits per heavy atom. The Kier molecular flexibility index (Phi) is 8.36. The lowest BCUT2D eigenvalue weighted by Crippen LogP contribution is -2.38. The van der Waals surface area contributed by atoms with Crippen LogP contribution in [0, 0.1) is 0 Å². The van der Waals surface area contributed by atoms with Crippen LogP contribution in [-0.2, 0) is 20.8 Å². The van der Waals surface area contributed by atoms with Gasteiger partial charge in [0, 0.05) is 24.0 Å². The topological polar surface area (TPSA) is 90.5 Å². The number of nitrogens with zero attached hydrogens (tertiary/aromatic N) is 1. The van der Waals surface area contributed by atoms with Crippen molar-refractivity contribution in [1.29, 1.82) is 0 Å². The van der Waals surface area contributed by atoms with Crippen LogP contribution in [0.1, 0.15) is 26.3 Å². The molecule has 0 saturated carbocycles. The molecule has 7 heteroatoms. The molecule has 0 radical (unpaired) electrons. The summed E-state index contributed by atoms with van der Waals surface area (Å²) in [7, 11) is 0. The molecule has 0 aliphatic rings. The number of hydrogen-bond donors (Lipinski definition) is 3. The first kappa shape index (κ1) is 22.1. The number of carbonyl (C=O) groups excluding carboxylic acids is 3. The van der Waals surface area contributed by atoms with E-state index in [-0.39, 0.29) is 30.8 Å². The summed E-state index contributed by atoms with van der Waals surface area (Å²) in [6, 6.07) is 14.6. The minimum Gasteiger partial charge on any atom is -0.326 e. The van der Waals surface area contributed by atoms with Crippen molar-refractivity contribution >= 4 is 34.8 Å². The third-order valence-electron chi connectivity index (χ3n) is 4.29. The highest BCUT2D eigenvalue weighted by Gasteiger charge is 2.14. The summed E-state index contributed by atoms with van der Waals surface area (Å²) in [4.78, 5) is 37.5. The van der Waals surface area contributed by atoms with E-state index in [1.165, 1.54) is 6.92 Å². The van der Waals surface area contributed by atoms with Crippen LogP contribution in [0.3, 0.4) is 0 Å². The van der Waals surface area contributed by atoms with Gasteiger partial charge in [-0.2, -0.15) is 0 Å². The maximum absolute atomic E-state index is 12.3. The Labute approximate surface area is 171 Å². The van der Waals surface area contributed by atoms with E-state index in [0.29, 0.717) is 17.9 Å². The molecule has 0 aromatic heterocycles. The van der Waals surface area contributed by atoms with Crippen molar-refractivity contribution in [2.75, 3.05) is 35.6 Å². The van der Waals surface area contributed by atoms with E-state index in [1.54, 1.807) is 29.2 Å². The Morgan fingerprint density at radius 3 is 1.86 bits per heavy atom. The largest absolute Gasteiger partial charge is 0.326 e. The van der Waals surface area contributed by atoms with Gasteiger partial charge in [0.1, 0.15) is 0 Å². The lowest BCUT2D eigenvalue weighted by Gasteiger charge is -2.19. The second kappa shape index (κ2) is 11.0. The molecule has 0 unspecified atom stereocenters. The molecule has 2 aromatic rings. The lowest BCUT2D eigenvalue weighted by atomic mass is 10.1. The van der Waals surface area contributed by atoms with E-state index >= 15 is 0 Å². The van der Waals surface area contributed by atoms with Crippen LogP contribution in [0.2, 0.25) is 0 Å². The van der Waals surface area contributed by atoms with Crippen LogP contribution >= 0.6 is 0 Å². The summed E-state index contributed by atoms with van der Waals surface area (Å²) in [6.45, 7) is 6.20. The highest BCUT2D eigenvalue weighted by molar-refractivity contribution is 5.95. The number of aryl methyl sites for hydroxylation is 1. The predicted molar refractivity (Wildman–Crippen MR) is 116 cm³/mol. The monoisotopic (exact) mass is 396 g/mol. The number of likely N-dealkylation sites (N-methyl/N-ethyl adjacent to an activating group) is 1. The van der Waals surface area contributed by atoms with Crippen molar-refractivity contribution in [2.45, 2.75) is 27.2 Å². The van der Waals surface area contributed by atoms with Crippen LogP contribution < -0.4 is 16.0 Å². The molecule has 0 heterocycles. The fraction of sp³-hybridized carbons (Fsp3) is 0.318. The van der Waals surface area contributed by atoms with E-state index in [1.807, 2.05) is 31.2 Å². The molecule has 7 nitrogen and oxygen atoms in total. The summed E-state index contributed by atoms with van der Waals surface area (Å²) in [6.07, 6.45) is 0.900. The number of rotatable bonds is 9. The fourth-order valence-corrected chi connectivity index (χ4v) is 2.80. The van der Waals surface area contributed by atoms with Gasteiger partial charge in [-0.3, -0.25) is 19.3 Å². The second-order valence-corrected chi connectivity index (χ2v) is 6.71. The van der Waals surface area contributed by atoms with Gasteiger partial charge in [0.25, 0.3) is 0 Å². The van der Waals surface area contributed by atoms with E-state index in [2.05, 4.69) is 22.9 Å². The van der Waals surface area contributed by atoms with Gasteiger partial charge in [-0.1, -0.05) is 26.0 Å². The van der Waals surface area contributed by atoms with Crippen LogP contribution in [-0.4, -0.2) is 42.3 Å². The number of benzene rings is 2. The van der Waals surface area contributed by atoms with Gasteiger partial charge >= 0.3 is 0 Å². The maximum Gasteiger partial charge on any atom is 0.238 e. The van der Waals surface area contributed by atoms with Crippen molar-refractivity contribution in [3.05, 3.63) is 54.1 Å². The van der Waals surface area contributed by atoms with Crippen LogP contribution in [0.4, 0.5) is 17.1 Å². The van der Waals surface area contributed by atoms with Gasteiger partial charge in [-0.15, -0.1) is 0 Å². The smallest absolute Gasteiger partial charge is 0.238 e. The number of amides is 3. The Bertz CT molecular complexity index is 849. The molecule has 2 rings (SSSR count). The zero-order valence-corrected chi connectivity index (χ0v) is 17.1. The first-order chi connectivity index (χ1) is 13.9. The van der Waals surface area contributed by atoms with Gasteiger partial charge in [-0.05, 0) is 54.9 Å². The lowest BCUT2D eigenvalue weighted by molar-refractivity contribution is -0.120. The summed E-state index contributed by atoms with van der Waals surface area (Å²) in [5, 5.41) is 8.35. The summed E-state index contributed by atoms with van der Waals surface area (Å²) >= 11 is 0. The second-order valence-electron chi connectivity index (χ2n) is 6.71. The number of anilines is 3. The van der Waals surface area contributed by atoms with E-state index in [4.69, 9.17) is 0 Å². The van der Waals surface area contributed by atoms with Crippen LogP contribution in [0.15, 0.2) is 48.5 Å². The molecule has 0 aliphatic heterocycles. The first-order valence-electron chi connectivity index (χ1n) is 9.68. The van der Waals surface area contributed by atoms with E-state index in [9.17, 15) is 14.4 Å². The van der Waals surface area contributed by atoms with Gasteiger partial charge < -0.3 is 16.0 Å². The standard InChI is InChI=1S/C22H28N4O3/c1-4-17-7-6-8-20(13-17)25-22(29)15-26(5-2)14-21(28)24-19-11-9-18(10-12-19)23-16(3)27/h6-13H,4-5,14-15H2,1-3H3,(H,23,27)(H,24,28)(H,25,29). The normalized spacial score (nSPS) is 10.5. The summed E-state index contributed by atoms with van der Waals surface area (Å²) in [5.41, 5.74) is 3.20. The summed E-state index contributed by atoms with van der Waals surface area (Å²) in [5.74, 6) is -0.521. The molecule has 2 aromatic carbocycles. The Balaban J connectivity index is 1.85. The average Bonchev–Trinajstić information content (AvgIpc) is 2.68. The van der Waals surface area contributed by atoms with Gasteiger partial charge in [0.05, 0.1) is 13.1 Å². The minimum absolute atomic E-state index is 0.104. The zero-order chi connectivity index (χ0) is 21.2. The third-order valence-corrected chi connectivity index (χ3v) is 4.29. The minimum atomic E-state index is -0.208. The zero-order valence-electron chi connectivity index (χ0n) is 17.1. The van der Waals surface area contributed by atoms with E-state index in [0.717, 1.165) is 17.7 Å².